The molecule has 0 aliphatic carbocycles. The van der Waals surface area contributed by atoms with Crippen LogP contribution in [0.1, 0.15) is 23.6 Å². The normalized spacial score (nSPS) is 12.4. The van der Waals surface area contributed by atoms with E-state index >= 15 is 0 Å². The van der Waals surface area contributed by atoms with Gasteiger partial charge in [-0.3, -0.25) is 0 Å². The average Bonchev–Trinajstić information content (AvgIpc) is 2.76. The van der Waals surface area contributed by atoms with Gasteiger partial charge in [0.25, 0.3) is 0 Å². The van der Waals surface area contributed by atoms with Crippen LogP contribution in [0.4, 0.5) is 13.2 Å². The number of nitrogens with zero attached hydrogens (tertiary/aromatic N) is 3. The monoisotopic (exact) mass is 451 g/mol. The van der Waals surface area contributed by atoms with Crippen LogP contribution >= 0.6 is 0 Å². The van der Waals surface area contributed by atoms with Crippen LogP contribution in [0.5, 0.6) is 0 Å². The minimum Gasteiger partial charge on any atom is -0.464 e. The summed E-state index contributed by atoms with van der Waals surface area (Å²) in [6.45, 7) is 1.16. The van der Waals surface area contributed by atoms with Crippen LogP contribution in [0.3, 0.4) is 0 Å². The summed E-state index contributed by atoms with van der Waals surface area (Å²) in [7, 11) is 3.56. The molecule has 0 radical (unpaired) electrons. The van der Waals surface area contributed by atoms with Crippen molar-refractivity contribution in [3.05, 3.63) is 70.5 Å². The van der Waals surface area contributed by atoms with E-state index in [-0.39, 0.29) is 34.7 Å². The maximum absolute atomic E-state index is 14.5. The number of carbonyl (C=O) groups is 1. The Bertz CT molecular complexity index is 1070. The molecule has 0 aromatic heterocycles. The minimum absolute atomic E-state index is 0.0411. The summed E-state index contributed by atoms with van der Waals surface area (Å²) in [6, 6.07) is 6.94. The topological polar surface area (TPSA) is 91.1 Å². The molecule has 0 saturated carbocycles. The van der Waals surface area contributed by atoms with Gasteiger partial charge in [-0.25, -0.2) is 18.0 Å². The van der Waals surface area contributed by atoms with Gasteiger partial charge in [-0.1, -0.05) is 27.6 Å². The number of rotatable bonds is 9. The summed E-state index contributed by atoms with van der Waals surface area (Å²) in [5, 5.41) is 11.1. The van der Waals surface area contributed by atoms with Crippen molar-refractivity contribution in [2.24, 2.45) is 15.5 Å². The molecule has 0 aliphatic rings. The van der Waals surface area contributed by atoms with Crippen LogP contribution in [-0.4, -0.2) is 44.4 Å². The Balaban J connectivity index is 2.34. The Kier molecular flexibility index (Phi) is 8.75. The summed E-state index contributed by atoms with van der Waals surface area (Å²) in [6.07, 6.45) is 0. The van der Waals surface area contributed by atoms with Crippen LogP contribution in [0.15, 0.2) is 51.9 Å². The maximum atomic E-state index is 14.5. The molecule has 32 heavy (non-hydrogen) atoms. The quantitative estimate of drug-likeness (QED) is 0.330. The number of methoxy groups -OCH3 is 1. The predicted octanol–water partition coefficient (Wildman–Crippen LogP) is 3.57. The number of hydrogen-bond acceptors (Lipinski definition) is 8. The first-order valence-electron chi connectivity index (χ1n) is 9.04. The SMILES string of the molecule is CO/N=C(\C(C)=N\OCc1cccc(F)c1/C(=N\OC)C(=O)OC)c1ccc(F)cc1F. The van der Waals surface area contributed by atoms with Gasteiger partial charge in [0.05, 0.1) is 12.7 Å². The second kappa shape index (κ2) is 11.5. The van der Waals surface area contributed by atoms with Crippen molar-refractivity contribution in [3.8, 4) is 0 Å². The van der Waals surface area contributed by atoms with Gasteiger partial charge in [-0.2, -0.15) is 0 Å². The molecule has 0 fully saturated rings. The lowest BCUT2D eigenvalue weighted by molar-refractivity contribution is -0.132. The highest BCUT2D eigenvalue weighted by molar-refractivity contribution is 6.47. The van der Waals surface area contributed by atoms with Gasteiger partial charge in [-0.15, -0.1) is 0 Å². The van der Waals surface area contributed by atoms with E-state index < -0.39 is 29.1 Å². The van der Waals surface area contributed by atoms with Gasteiger partial charge >= 0.3 is 5.97 Å². The summed E-state index contributed by atoms with van der Waals surface area (Å²) in [4.78, 5) is 26.6. The lowest BCUT2D eigenvalue weighted by Gasteiger charge is -2.11. The zero-order valence-electron chi connectivity index (χ0n) is 17.7. The molecule has 11 heteroatoms. The molecule has 170 valence electrons. The van der Waals surface area contributed by atoms with Crippen molar-refractivity contribution in [3.63, 3.8) is 0 Å². The third-order valence-corrected chi connectivity index (χ3v) is 4.03. The number of esters is 1. The molecule has 2 aromatic carbocycles. The van der Waals surface area contributed by atoms with Gasteiger partial charge in [-0.05, 0) is 25.1 Å². The average molecular weight is 451 g/mol. The fraction of sp³-hybridized carbons (Fsp3) is 0.238. The number of carbonyl (C=O) groups excluding carboxylic acids is 1. The van der Waals surface area contributed by atoms with Crippen molar-refractivity contribution >= 4 is 23.1 Å². The van der Waals surface area contributed by atoms with Gasteiger partial charge < -0.3 is 19.2 Å². The largest absolute Gasteiger partial charge is 0.464 e. The van der Waals surface area contributed by atoms with Crippen LogP contribution in [-0.2, 0) is 30.7 Å². The first-order chi connectivity index (χ1) is 15.3. The van der Waals surface area contributed by atoms with Crippen molar-refractivity contribution in [1.29, 1.82) is 0 Å². The third-order valence-electron chi connectivity index (χ3n) is 4.03. The summed E-state index contributed by atoms with van der Waals surface area (Å²) in [5.74, 6) is -3.31. The van der Waals surface area contributed by atoms with Gasteiger partial charge in [0, 0.05) is 17.2 Å². The highest BCUT2D eigenvalue weighted by Crippen LogP contribution is 2.18. The molecular formula is C21H20F3N3O5. The zero-order chi connectivity index (χ0) is 23.7. The molecule has 0 saturated heterocycles. The molecule has 0 unspecified atom stereocenters. The van der Waals surface area contributed by atoms with Crippen LogP contribution < -0.4 is 0 Å². The van der Waals surface area contributed by atoms with E-state index in [1.165, 1.54) is 39.3 Å². The van der Waals surface area contributed by atoms with Crippen molar-refractivity contribution in [1.82, 2.24) is 0 Å². The fourth-order valence-corrected chi connectivity index (χ4v) is 2.65. The molecule has 0 atom stereocenters. The van der Waals surface area contributed by atoms with Crippen LogP contribution in [0, 0.1) is 17.5 Å². The number of oxime groups is 3. The van der Waals surface area contributed by atoms with Gasteiger partial charge in [0.1, 0.15) is 49.7 Å². The molecule has 2 aromatic rings. The second-order valence-electron chi connectivity index (χ2n) is 6.08. The molecule has 8 nitrogen and oxygen atoms in total. The highest BCUT2D eigenvalue weighted by Gasteiger charge is 2.23. The van der Waals surface area contributed by atoms with E-state index in [1.54, 1.807) is 0 Å². The maximum Gasteiger partial charge on any atom is 0.360 e. The first-order valence-corrected chi connectivity index (χ1v) is 9.04. The van der Waals surface area contributed by atoms with Crippen LogP contribution in [0.25, 0.3) is 0 Å². The van der Waals surface area contributed by atoms with E-state index in [1.807, 2.05) is 0 Å². The molecule has 0 N–H and O–H groups in total. The Labute approximate surface area is 181 Å². The Hall–Kier alpha value is -3.89. The minimum atomic E-state index is -0.917. The van der Waals surface area contributed by atoms with Crippen molar-refractivity contribution in [2.75, 3.05) is 21.3 Å². The number of ether oxygens (including phenoxy) is 1. The summed E-state index contributed by atoms with van der Waals surface area (Å²) >= 11 is 0. The molecule has 0 heterocycles. The summed E-state index contributed by atoms with van der Waals surface area (Å²) < 4.78 is 46.5. The molecule has 0 aliphatic heterocycles. The van der Waals surface area contributed by atoms with E-state index in [2.05, 4.69) is 25.0 Å². The Morgan fingerprint density at radius 1 is 0.906 bits per heavy atom. The van der Waals surface area contributed by atoms with Crippen LogP contribution in [0.2, 0.25) is 0 Å². The highest BCUT2D eigenvalue weighted by atomic mass is 19.1. The Morgan fingerprint density at radius 2 is 1.59 bits per heavy atom. The lowest BCUT2D eigenvalue weighted by Crippen LogP contribution is -2.21. The Morgan fingerprint density at radius 3 is 2.22 bits per heavy atom. The first kappa shape index (κ1) is 24.4. The molecular weight excluding hydrogens is 431 g/mol. The van der Waals surface area contributed by atoms with E-state index in [9.17, 15) is 18.0 Å². The molecule has 0 bridgehead atoms. The lowest BCUT2D eigenvalue weighted by atomic mass is 10.0. The van der Waals surface area contributed by atoms with Gasteiger partial charge in [0.15, 0.2) is 5.71 Å². The van der Waals surface area contributed by atoms with Gasteiger partial charge in [0.2, 0.25) is 0 Å². The zero-order valence-corrected chi connectivity index (χ0v) is 17.7. The number of benzene rings is 2. The molecule has 2 rings (SSSR count). The number of hydrogen-bond donors (Lipinski definition) is 0. The van der Waals surface area contributed by atoms with Crippen molar-refractivity contribution < 1.29 is 37.2 Å². The van der Waals surface area contributed by atoms with Crippen molar-refractivity contribution in [2.45, 2.75) is 13.5 Å². The second-order valence-corrected chi connectivity index (χ2v) is 6.08. The van der Waals surface area contributed by atoms with E-state index in [0.29, 0.717) is 6.07 Å². The summed E-state index contributed by atoms with van der Waals surface area (Å²) in [5.41, 5.74) is -0.396. The number of halogens is 3. The predicted molar refractivity (Wildman–Crippen MR) is 110 cm³/mol. The van der Waals surface area contributed by atoms with E-state index in [0.717, 1.165) is 19.2 Å². The fourth-order valence-electron chi connectivity index (χ4n) is 2.65. The smallest absolute Gasteiger partial charge is 0.360 e. The van der Waals surface area contributed by atoms with E-state index in [4.69, 9.17) is 9.68 Å². The standard InChI is InChI=1S/C21H20F3N3O5/c1-12(19(26-30-3)15-9-8-14(22)10-17(15)24)25-32-11-13-6-5-7-16(23)18(13)20(27-31-4)21(28)29-2/h5-10H,11H2,1-4H3/b25-12+,26-19+,27-20+. The molecule has 0 spiro atoms. The molecule has 0 amide bonds. The third kappa shape index (κ3) is 5.84.